The zero-order valence-corrected chi connectivity index (χ0v) is 12.5. The summed E-state index contributed by atoms with van der Waals surface area (Å²) >= 11 is 0. The largest absolute Gasteiger partial charge is 0.309 e. The van der Waals surface area contributed by atoms with Gasteiger partial charge in [0.15, 0.2) is 0 Å². The maximum atomic E-state index is 3.57. The molecule has 0 aromatic heterocycles. The third-order valence-corrected chi connectivity index (χ3v) is 3.59. The second-order valence-corrected chi connectivity index (χ2v) is 5.39. The van der Waals surface area contributed by atoms with Gasteiger partial charge >= 0.3 is 0 Å². The lowest BCUT2D eigenvalue weighted by Crippen LogP contribution is -2.30. The Bertz CT molecular complexity index is 329. The molecule has 1 unspecified atom stereocenters. The smallest absolute Gasteiger partial charge is 0.0292 e. The van der Waals surface area contributed by atoms with Gasteiger partial charge in [-0.2, -0.15) is 0 Å². The molecule has 1 N–H and O–H groups in total. The van der Waals surface area contributed by atoms with E-state index in [0.29, 0.717) is 12.0 Å². The van der Waals surface area contributed by atoms with Crippen LogP contribution < -0.4 is 5.32 Å². The number of nitrogens with zero attached hydrogens (tertiary/aromatic N) is 1. The number of hydrogen-bond donors (Lipinski definition) is 1. The third kappa shape index (κ3) is 4.79. The lowest BCUT2D eigenvalue weighted by Gasteiger charge is -2.18. The molecule has 0 fully saturated rings. The highest BCUT2D eigenvalue weighted by atomic mass is 15.1. The molecule has 0 bridgehead atoms. The zero-order valence-electron chi connectivity index (χ0n) is 12.5. The van der Waals surface area contributed by atoms with Gasteiger partial charge in [-0.05, 0) is 37.6 Å². The van der Waals surface area contributed by atoms with Crippen molar-refractivity contribution in [3.05, 3.63) is 35.4 Å². The number of benzene rings is 1. The van der Waals surface area contributed by atoms with E-state index in [1.807, 2.05) is 0 Å². The highest BCUT2D eigenvalue weighted by molar-refractivity contribution is 5.26. The van der Waals surface area contributed by atoms with E-state index in [1.165, 1.54) is 11.1 Å². The van der Waals surface area contributed by atoms with Gasteiger partial charge in [0.05, 0.1) is 0 Å². The van der Waals surface area contributed by atoms with Crippen molar-refractivity contribution in [2.45, 2.75) is 39.7 Å². The summed E-state index contributed by atoms with van der Waals surface area (Å²) in [5.41, 5.74) is 2.79. The molecular weight excluding hydrogens is 220 g/mol. The Morgan fingerprint density at radius 1 is 1.06 bits per heavy atom. The molecule has 2 heteroatoms. The van der Waals surface area contributed by atoms with Crippen molar-refractivity contribution < 1.29 is 0 Å². The van der Waals surface area contributed by atoms with Gasteiger partial charge in [-0.1, -0.05) is 45.0 Å². The minimum Gasteiger partial charge on any atom is -0.309 e. The summed E-state index contributed by atoms with van der Waals surface area (Å²) in [6.07, 6.45) is 0. The summed E-state index contributed by atoms with van der Waals surface area (Å²) in [6, 6.07) is 9.41. The monoisotopic (exact) mass is 248 g/mol. The van der Waals surface area contributed by atoms with Crippen molar-refractivity contribution in [3.8, 4) is 0 Å². The predicted molar refractivity (Wildman–Crippen MR) is 80.1 cm³/mol. The highest BCUT2D eigenvalue weighted by Gasteiger charge is 2.05. The SMILES string of the molecule is CCN(C)CCNC(C)c1ccc(C(C)C)cc1. The summed E-state index contributed by atoms with van der Waals surface area (Å²) in [5, 5.41) is 3.57. The van der Waals surface area contributed by atoms with E-state index >= 15 is 0 Å². The van der Waals surface area contributed by atoms with Crippen LogP contribution in [0.1, 0.15) is 50.8 Å². The Morgan fingerprint density at radius 3 is 2.11 bits per heavy atom. The van der Waals surface area contributed by atoms with E-state index in [1.54, 1.807) is 0 Å². The topological polar surface area (TPSA) is 15.3 Å². The molecule has 0 saturated carbocycles. The van der Waals surface area contributed by atoms with Crippen LogP contribution in [0, 0.1) is 0 Å². The molecule has 0 spiro atoms. The first-order valence-electron chi connectivity index (χ1n) is 7.06. The molecule has 18 heavy (non-hydrogen) atoms. The standard InChI is InChI=1S/C16H28N2/c1-6-18(5)12-11-17-14(4)16-9-7-15(8-10-16)13(2)3/h7-10,13-14,17H,6,11-12H2,1-5H3. The summed E-state index contributed by atoms with van der Waals surface area (Å²) in [7, 11) is 2.16. The van der Waals surface area contributed by atoms with Gasteiger partial charge in [0.1, 0.15) is 0 Å². The molecular formula is C16H28N2. The van der Waals surface area contributed by atoms with Gasteiger partial charge in [-0.25, -0.2) is 0 Å². The maximum absolute atomic E-state index is 3.57. The van der Waals surface area contributed by atoms with Crippen molar-refractivity contribution in [1.29, 1.82) is 0 Å². The number of likely N-dealkylation sites (N-methyl/N-ethyl adjacent to an activating group) is 1. The van der Waals surface area contributed by atoms with Gasteiger partial charge < -0.3 is 10.2 Å². The van der Waals surface area contributed by atoms with Crippen LogP contribution in [-0.4, -0.2) is 31.6 Å². The van der Waals surface area contributed by atoms with Gasteiger partial charge in [-0.3, -0.25) is 0 Å². The Labute approximate surface area is 112 Å². The van der Waals surface area contributed by atoms with Crippen LogP contribution in [0.4, 0.5) is 0 Å². The zero-order chi connectivity index (χ0) is 13.5. The Hall–Kier alpha value is -0.860. The van der Waals surface area contributed by atoms with Crippen LogP contribution in [0.15, 0.2) is 24.3 Å². The van der Waals surface area contributed by atoms with Gasteiger partial charge in [0, 0.05) is 19.1 Å². The highest BCUT2D eigenvalue weighted by Crippen LogP contribution is 2.18. The lowest BCUT2D eigenvalue weighted by molar-refractivity contribution is 0.342. The molecule has 0 heterocycles. The number of nitrogens with one attached hydrogen (secondary N) is 1. The predicted octanol–water partition coefficient (Wildman–Crippen LogP) is 3.41. The molecule has 0 aliphatic rings. The fourth-order valence-electron chi connectivity index (χ4n) is 1.92. The average molecular weight is 248 g/mol. The second-order valence-electron chi connectivity index (χ2n) is 5.39. The molecule has 0 aliphatic heterocycles. The summed E-state index contributed by atoms with van der Waals surface area (Å²) in [5.74, 6) is 0.612. The summed E-state index contributed by atoms with van der Waals surface area (Å²) < 4.78 is 0. The van der Waals surface area contributed by atoms with Gasteiger partial charge in [-0.15, -0.1) is 0 Å². The van der Waals surface area contributed by atoms with Crippen LogP contribution >= 0.6 is 0 Å². The fraction of sp³-hybridized carbons (Fsp3) is 0.625. The van der Waals surface area contributed by atoms with Gasteiger partial charge in [0.2, 0.25) is 0 Å². The minimum atomic E-state index is 0.427. The van der Waals surface area contributed by atoms with E-state index in [9.17, 15) is 0 Å². The van der Waals surface area contributed by atoms with E-state index < -0.39 is 0 Å². The Balaban J connectivity index is 2.44. The van der Waals surface area contributed by atoms with Crippen LogP contribution in [-0.2, 0) is 0 Å². The van der Waals surface area contributed by atoms with Crippen LogP contribution in [0.3, 0.4) is 0 Å². The lowest BCUT2D eigenvalue weighted by atomic mass is 10.00. The Morgan fingerprint density at radius 2 is 1.61 bits per heavy atom. The quantitative estimate of drug-likeness (QED) is 0.795. The fourth-order valence-corrected chi connectivity index (χ4v) is 1.92. The molecule has 0 aliphatic carbocycles. The summed E-state index contributed by atoms with van der Waals surface area (Å²) in [4.78, 5) is 2.32. The first kappa shape index (κ1) is 15.2. The molecule has 0 amide bonds. The minimum absolute atomic E-state index is 0.427. The van der Waals surface area contributed by atoms with Crippen molar-refractivity contribution in [2.75, 3.05) is 26.7 Å². The third-order valence-electron chi connectivity index (χ3n) is 3.59. The van der Waals surface area contributed by atoms with Crippen LogP contribution in [0.5, 0.6) is 0 Å². The second kappa shape index (κ2) is 7.55. The van der Waals surface area contributed by atoms with Crippen LogP contribution in [0.25, 0.3) is 0 Å². The first-order chi connectivity index (χ1) is 8.54. The maximum Gasteiger partial charge on any atom is 0.0292 e. The molecule has 1 atom stereocenters. The molecule has 0 saturated heterocycles. The first-order valence-corrected chi connectivity index (χ1v) is 7.06. The number of hydrogen-bond acceptors (Lipinski definition) is 2. The van der Waals surface area contributed by atoms with Crippen molar-refractivity contribution in [2.24, 2.45) is 0 Å². The molecule has 1 aromatic carbocycles. The average Bonchev–Trinajstić information content (AvgIpc) is 2.38. The number of rotatable bonds is 7. The molecule has 102 valence electrons. The Kier molecular flexibility index (Phi) is 6.37. The van der Waals surface area contributed by atoms with E-state index in [-0.39, 0.29) is 0 Å². The molecule has 2 nitrogen and oxygen atoms in total. The molecule has 1 aromatic rings. The van der Waals surface area contributed by atoms with Crippen molar-refractivity contribution in [3.63, 3.8) is 0 Å². The van der Waals surface area contributed by atoms with Gasteiger partial charge in [0.25, 0.3) is 0 Å². The van der Waals surface area contributed by atoms with E-state index in [0.717, 1.165) is 19.6 Å². The van der Waals surface area contributed by atoms with Crippen LogP contribution in [0.2, 0.25) is 0 Å². The summed E-state index contributed by atoms with van der Waals surface area (Å²) in [6.45, 7) is 12.1. The van der Waals surface area contributed by atoms with E-state index in [4.69, 9.17) is 0 Å². The molecule has 1 rings (SSSR count). The van der Waals surface area contributed by atoms with E-state index in [2.05, 4.69) is 69.2 Å². The molecule has 0 radical (unpaired) electrons. The van der Waals surface area contributed by atoms with Crippen molar-refractivity contribution >= 4 is 0 Å². The van der Waals surface area contributed by atoms with Crippen molar-refractivity contribution in [1.82, 2.24) is 10.2 Å². The normalized spacial score (nSPS) is 13.3.